The van der Waals surface area contributed by atoms with E-state index in [1.54, 1.807) is 13.8 Å². The van der Waals surface area contributed by atoms with Gasteiger partial charge in [-0.15, -0.1) is 0 Å². The summed E-state index contributed by atoms with van der Waals surface area (Å²) in [5.41, 5.74) is -0.999. The first-order valence-electron chi connectivity index (χ1n) is 5.93. The summed E-state index contributed by atoms with van der Waals surface area (Å²) in [5.74, 6) is -2.40. The summed E-state index contributed by atoms with van der Waals surface area (Å²) in [5, 5.41) is 16.3. The Morgan fingerprint density at radius 2 is 1.35 bits per heavy atom. The van der Waals surface area contributed by atoms with Crippen LogP contribution in [0.3, 0.4) is 0 Å². The Morgan fingerprint density at radius 3 is 1.60 bits per heavy atom. The zero-order chi connectivity index (χ0) is 16.4. The SMILES string of the molecule is CC(C)(CC(C)(C)P(=O)(O)O)N(CC(=O)O)CC(=O)O. The van der Waals surface area contributed by atoms with Crippen molar-refractivity contribution < 1.29 is 34.2 Å². The Bertz CT molecular complexity index is 410. The summed E-state index contributed by atoms with van der Waals surface area (Å²) >= 11 is 0. The molecule has 0 aliphatic rings. The number of rotatable bonds is 8. The lowest BCUT2D eigenvalue weighted by Crippen LogP contribution is -2.52. The van der Waals surface area contributed by atoms with Crippen LogP contribution in [-0.2, 0) is 14.2 Å². The van der Waals surface area contributed by atoms with Gasteiger partial charge in [0.15, 0.2) is 0 Å². The topological polar surface area (TPSA) is 135 Å². The van der Waals surface area contributed by atoms with Crippen LogP contribution in [0.15, 0.2) is 0 Å². The predicted molar refractivity (Wildman–Crippen MR) is 71.7 cm³/mol. The molecule has 0 fully saturated rings. The van der Waals surface area contributed by atoms with Crippen LogP contribution >= 0.6 is 7.60 Å². The molecule has 0 aromatic carbocycles. The van der Waals surface area contributed by atoms with Crippen molar-refractivity contribution in [2.75, 3.05) is 13.1 Å². The molecular formula is C11H22NO7P. The molecule has 0 bridgehead atoms. The minimum absolute atomic E-state index is 0.0508. The molecule has 20 heavy (non-hydrogen) atoms. The first-order chi connectivity index (χ1) is 8.69. The van der Waals surface area contributed by atoms with Crippen LogP contribution in [0.25, 0.3) is 0 Å². The molecule has 0 saturated carbocycles. The average Bonchev–Trinajstić information content (AvgIpc) is 2.11. The van der Waals surface area contributed by atoms with E-state index in [2.05, 4.69) is 0 Å². The van der Waals surface area contributed by atoms with E-state index in [1.165, 1.54) is 18.7 Å². The summed E-state index contributed by atoms with van der Waals surface area (Å²) in [7, 11) is -4.39. The van der Waals surface area contributed by atoms with Crippen molar-refractivity contribution in [1.82, 2.24) is 4.90 Å². The van der Waals surface area contributed by atoms with Crippen molar-refractivity contribution in [3.63, 3.8) is 0 Å². The van der Waals surface area contributed by atoms with Crippen LogP contribution in [0.2, 0.25) is 0 Å². The van der Waals surface area contributed by atoms with Crippen molar-refractivity contribution >= 4 is 19.5 Å². The second-order valence-corrected chi connectivity index (χ2v) is 8.29. The third-order valence-corrected chi connectivity index (χ3v) is 4.90. The van der Waals surface area contributed by atoms with Crippen LogP contribution in [-0.4, -0.2) is 60.6 Å². The molecule has 0 heterocycles. The molecular weight excluding hydrogens is 289 g/mol. The van der Waals surface area contributed by atoms with E-state index in [4.69, 9.17) is 10.2 Å². The summed E-state index contributed by atoms with van der Waals surface area (Å²) in [6, 6.07) is 0. The van der Waals surface area contributed by atoms with Gasteiger partial charge < -0.3 is 20.0 Å². The minimum Gasteiger partial charge on any atom is -0.480 e. The van der Waals surface area contributed by atoms with Gasteiger partial charge in [0.2, 0.25) is 0 Å². The second kappa shape index (κ2) is 6.22. The lowest BCUT2D eigenvalue weighted by molar-refractivity contribution is -0.144. The van der Waals surface area contributed by atoms with Crippen LogP contribution in [0.4, 0.5) is 0 Å². The Kier molecular flexibility index (Phi) is 5.92. The van der Waals surface area contributed by atoms with Crippen LogP contribution in [0.1, 0.15) is 34.1 Å². The fourth-order valence-electron chi connectivity index (χ4n) is 2.08. The van der Waals surface area contributed by atoms with E-state index in [-0.39, 0.29) is 6.42 Å². The predicted octanol–water partition coefficient (Wildman–Crippen LogP) is 0.583. The van der Waals surface area contributed by atoms with Crippen LogP contribution in [0, 0.1) is 0 Å². The quantitative estimate of drug-likeness (QED) is 0.478. The van der Waals surface area contributed by atoms with Crippen molar-refractivity contribution in [1.29, 1.82) is 0 Å². The van der Waals surface area contributed by atoms with Gasteiger partial charge in [0.05, 0.1) is 18.2 Å². The van der Waals surface area contributed by atoms with Gasteiger partial charge >= 0.3 is 19.5 Å². The molecule has 0 amide bonds. The molecule has 0 aliphatic carbocycles. The highest BCUT2D eigenvalue weighted by Gasteiger charge is 2.44. The number of carboxylic acid groups (broad SMARTS) is 2. The number of aliphatic carboxylic acids is 2. The fourth-order valence-corrected chi connectivity index (χ4v) is 2.68. The highest BCUT2D eigenvalue weighted by molar-refractivity contribution is 7.53. The van der Waals surface area contributed by atoms with Gasteiger partial charge in [-0.25, -0.2) is 0 Å². The molecule has 0 atom stereocenters. The van der Waals surface area contributed by atoms with Crippen molar-refractivity contribution in [3.8, 4) is 0 Å². The molecule has 0 spiro atoms. The first-order valence-corrected chi connectivity index (χ1v) is 7.54. The largest absolute Gasteiger partial charge is 0.480 e. The number of carboxylic acids is 2. The smallest absolute Gasteiger partial charge is 0.331 e. The molecule has 0 saturated heterocycles. The van der Waals surface area contributed by atoms with E-state index in [1.807, 2.05) is 0 Å². The van der Waals surface area contributed by atoms with Gasteiger partial charge in [-0.05, 0) is 34.1 Å². The molecule has 8 nitrogen and oxygen atoms in total. The molecule has 9 heteroatoms. The summed E-state index contributed by atoms with van der Waals surface area (Å²) < 4.78 is 11.4. The zero-order valence-electron chi connectivity index (χ0n) is 12.0. The molecule has 0 aromatic rings. The molecule has 0 unspecified atom stereocenters. The Morgan fingerprint density at radius 1 is 1.00 bits per heavy atom. The Balaban J connectivity index is 5.26. The molecule has 0 aromatic heterocycles. The number of carbonyl (C=O) groups is 2. The van der Waals surface area contributed by atoms with E-state index in [0.717, 1.165) is 0 Å². The van der Waals surface area contributed by atoms with Crippen LogP contribution < -0.4 is 0 Å². The summed E-state index contributed by atoms with van der Waals surface area (Å²) in [6.45, 7) is 4.84. The molecule has 4 N–H and O–H groups in total. The molecule has 0 radical (unpaired) electrons. The lowest BCUT2D eigenvalue weighted by atomic mass is 9.90. The van der Waals surface area contributed by atoms with Crippen molar-refractivity contribution in [2.45, 2.75) is 44.8 Å². The fraction of sp³-hybridized carbons (Fsp3) is 0.818. The number of hydrogen-bond donors (Lipinski definition) is 4. The van der Waals surface area contributed by atoms with Gasteiger partial charge in [-0.1, -0.05) is 0 Å². The van der Waals surface area contributed by atoms with Gasteiger partial charge in [0, 0.05) is 5.54 Å². The Labute approximate surface area is 117 Å². The highest BCUT2D eigenvalue weighted by atomic mass is 31.2. The minimum atomic E-state index is -4.39. The van der Waals surface area contributed by atoms with E-state index in [0.29, 0.717) is 0 Å². The second-order valence-electron chi connectivity index (χ2n) is 5.99. The van der Waals surface area contributed by atoms with E-state index < -0.39 is 43.3 Å². The normalized spacial score (nSPS) is 13.6. The zero-order valence-corrected chi connectivity index (χ0v) is 12.9. The maximum absolute atomic E-state index is 11.4. The maximum Gasteiger partial charge on any atom is 0.331 e. The molecule has 0 rings (SSSR count). The first kappa shape index (κ1) is 19.1. The van der Waals surface area contributed by atoms with Crippen molar-refractivity contribution in [3.05, 3.63) is 0 Å². The van der Waals surface area contributed by atoms with E-state index in [9.17, 15) is 23.9 Å². The van der Waals surface area contributed by atoms with Gasteiger partial charge in [-0.2, -0.15) is 0 Å². The third-order valence-electron chi connectivity index (χ3n) is 3.16. The number of nitrogens with zero attached hydrogens (tertiary/aromatic N) is 1. The lowest BCUT2D eigenvalue weighted by Gasteiger charge is -2.41. The van der Waals surface area contributed by atoms with E-state index >= 15 is 0 Å². The highest BCUT2D eigenvalue weighted by Crippen LogP contribution is 2.54. The number of hydrogen-bond acceptors (Lipinski definition) is 4. The molecule has 0 aliphatic heterocycles. The van der Waals surface area contributed by atoms with Gasteiger partial charge in [0.1, 0.15) is 0 Å². The average molecular weight is 311 g/mol. The maximum atomic E-state index is 11.4. The molecule has 118 valence electrons. The van der Waals surface area contributed by atoms with Gasteiger partial charge in [-0.3, -0.25) is 19.1 Å². The van der Waals surface area contributed by atoms with Crippen molar-refractivity contribution in [2.24, 2.45) is 0 Å². The summed E-state index contributed by atoms with van der Waals surface area (Å²) in [6.07, 6.45) is -0.0508. The summed E-state index contributed by atoms with van der Waals surface area (Å²) in [4.78, 5) is 41.4. The standard InChI is InChI=1S/C11H22NO7P/c1-10(2,7-11(3,4)20(17,18)19)12(5-8(13)14)6-9(15)16/h5-7H2,1-4H3,(H,13,14)(H,15,16)(H2,17,18,19). The van der Waals surface area contributed by atoms with Crippen LogP contribution in [0.5, 0.6) is 0 Å². The van der Waals surface area contributed by atoms with Gasteiger partial charge in [0.25, 0.3) is 0 Å². The third kappa shape index (κ3) is 5.58. The Hall–Kier alpha value is -0.950. The monoisotopic (exact) mass is 311 g/mol.